The van der Waals surface area contributed by atoms with Crippen LogP contribution in [0.4, 0.5) is 0 Å². The Hall–Kier alpha value is -0.420. The Kier molecular flexibility index (Phi) is 8.38. The lowest BCUT2D eigenvalue weighted by Gasteiger charge is -2.28. The fraction of sp³-hybridized carbons (Fsp3) is 0.625. The Morgan fingerprint density at radius 1 is 1.25 bits per heavy atom. The monoisotopic (exact) mass is 342 g/mol. The predicted molar refractivity (Wildman–Crippen MR) is 89.0 cm³/mol. The molecule has 0 aliphatic rings. The van der Waals surface area contributed by atoms with E-state index in [9.17, 15) is 0 Å². The summed E-state index contributed by atoms with van der Waals surface area (Å²) in [4.78, 5) is 2.43. The summed E-state index contributed by atoms with van der Waals surface area (Å²) >= 11 is 3.63. The molecule has 2 N–H and O–H groups in total. The van der Waals surface area contributed by atoms with Crippen molar-refractivity contribution >= 4 is 15.9 Å². The number of rotatable bonds is 9. The average molecular weight is 343 g/mol. The van der Waals surface area contributed by atoms with Gasteiger partial charge < -0.3 is 15.3 Å². The number of nitrogens with one attached hydrogen (secondary N) is 1. The topological polar surface area (TPSA) is 35.5 Å². The molecule has 0 heterocycles. The minimum Gasteiger partial charge on any atom is -0.396 e. The molecule has 1 rings (SSSR count). The largest absolute Gasteiger partial charge is 0.396 e. The van der Waals surface area contributed by atoms with Crippen LogP contribution in [0.1, 0.15) is 38.3 Å². The minimum atomic E-state index is 0.267. The van der Waals surface area contributed by atoms with E-state index in [0.717, 1.165) is 30.4 Å². The zero-order valence-electron chi connectivity index (χ0n) is 12.8. The average Bonchev–Trinajstić information content (AvgIpc) is 2.43. The minimum absolute atomic E-state index is 0.267. The lowest BCUT2D eigenvalue weighted by molar-refractivity contribution is 0.184. The number of aliphatic hydroxyl groups excluding tert-OH is 1. The Morgan fingerprint density at radius 3 is 2.50 bits per heavy atom. The molecule has 1 aromatic rings. The quantitative estimate of drug-likeness (QED) is 0.723. The first-order valence-electron chi connectivity index (χ1n) is 7.36. The second kappa shape index (κ2) is 9.50. The maximum Gasteiger partial charge on any atom is 0.0443 e. The standard InChI is InChI=1S/C16H27BrN2O/c1-13(2)19(10-6-12-20)11-9-16(18-3)14-7-4-5-8-15(14)17/h4-5,7-8,13,16,18,20H,6,9-12H2,1-3H3. The van der Waals surface area contributed by atoms with E-state index in [-0.39, 0.29) is 6.61 Å². The number of aliphatic hydroxyl groups is 1. The molecule has 0 amide bonds. The highest BCUT2D eigenvalue weighted by molar-refractivity contribution is 9.10. The van der Waals surface area contributed by atoms with E-state index in [1.807, 2.05) is 13.1 Å². The van der Waals surface area contributed by atoms with E-state index in [1.54, 1.807) is 0 Å². The molecule has 0 spiro atoms. The summed E-state index contributed by atoms with van der Waals surface area (Å²) in [6.45, 7) is 6.68. The van der Waals surface area contributed by atoms with Crippen molar-refractivity contribution in [1.29, 1.82) is 0 Å². The van der Waals surface area contributed by atoms with Crippen molar-refractivity contribution < 1.29 is 5.11 Å². The lowest BCUT2D eigenvalue weighted by atomic mass is 10.0. The van der Waals surface area contributed by atoms with Crippen molar-refractivity contribution in [2.45, 2.75) is 38.8 Å². The zero-order chi connectivity index (χ0) is 15.0. The van der Waals surface area contributed by atoms with Crippen LogP contribution in [0.25, 0.3) is 0 Å². The van der Waals surface area contributed by atoms with Gasteiger partial charge in [0, 0.05) is 36.3 Å². The zero-order valence-corrected chi connectivity index (χ0v) is 14.4. The van der Waals surface area contributed by atoms with Gasteiger partial charge in [-0.05, 0) is 45.4 Å². The number of benzene rings is 1. The second-order valence-corrected chi connectivity index (χ2v) is 6.21. The summed E-state index contributed by atoms with van der Waals surface area (Å²) in [5, 5.41) is 12.4. The van der Waals surface area contributed by atoms with Crippen LogP contribution in [0.5, 0.6) is 0 Å². The van der Waals surface area contributed by atoms with Gasteiger partial charge in [0.05, 0.1) is 0 Å². The fourth-order valence-electron chi connectivity index (χ4n) is 2.41. The van der Waals surface area contributed by atoms with Gasteiger partial charge in [0.25, 0.3) is 0 Å². The maximum atomic E-state index is 8.99. The third-order valence-electron chi connectivity index (χ3n) is 3.67. The van der Waals surface area contributed by atoms with Crippen LogP contribution in [-0.4, -0.2) is 42.8 Å². The third-order valence-corrected chi connectivity index (χ3v) is 4.39. The number of nitrogens with zero attached hydrogens (tertiary/aromatic N) is 1. The van der Waals surface area contributed by atoms with E-state index in [4.69, 9.17) is 5.11 Å². The SMILES string of the molecule is CNC(CCN(CCCO)C(C)C)c1ccccc1Br. The van der Waals surface area contributed by atoms with Crippen molar-refractivity contribution in [2.24, 2.45) is 0 Å². The molecule has 0 aromatic heterocycles. The van der Waals surface area contributed by atoms with Crippen molar-refractivity contribution in [3.63, 3.8) is 0 Å². The van der Waals surface area contributed by atoms with Gasteiger partial charge in [-0.3, -0.25) is 0 Å². The first kappa shape index (κ1) is 17.6. The molecule has 20 heavy (non-hydrogen) atoms. The van der Waals surface area contributed by atoms with Gasteiger partial charge in [0.15, 0.2) is 0 Å². The number of hydrogen-bond donors (Lipinski definition) is 2. The van der Waals surface area contributed by atoms with Crippen LogP contribution in [-0.2, 0) is 0 Å². The molecule has 1 aromatic carbocycles. The van der Waals surface area contributed by atoms with E-state index in [1.165, 1.54) is 5.56 Å². The van der Waals surface area contributed by atoms with Gasteiger partial charge in [-0.2, -0.15) is 0 Å². The van der Waals surface area contributed by atoms with Gasteiger partial charge in [-0.1, -0.05) is 34.1 Å². The summed E-state index contributed by atoms with van der Waals surface area (Å²) < 4.78 is 1.16. The lowest BCUT2D eigenvalue weighted by Crippen LogP contribution is -2.35. The third kappa shape index (κ3) is 5.52. The summed E-state index contributed by atoms with van der Waals surface area (Å²) in [6.07, 6.45) is 1.90. The summed E-state index contributed by atoms with van der Waals surface area (Å²) in [7, 11) is 2.01. The van der Waals surface area contributed by atoms with Gasteiger partial charge in [-0.25, -0.2) is 0 Å². The molecule has 4 heteroatoms. The molecule has 0 radical (unpaired) electrons. The molecule has 0 saturated carbocycles. The molecular weight excluding hydrogens is 316 g/mol. The highest BCUT2D eigenvalue weighted by atomic mass is 79.9. The van der Waals surface area contributed by atoms with Crippen LogP contribution in [0.3, 0.4) is 0 Å². The van der Waals surface area contributed by atoms with Crippen LogP contribution >= 0.6 is 15.9 Å². The van der Waals surface area contributed by atoms with E-state index >= 15 is 0 Å². The van der Waals surface area contributed by atoms with E-state index < -0.39 is 0 Å². The summed E-state index contributed by atoms with van der Waals surface area (Å²) in [5.41, 5.74) is 1.31. The Bertz CT molecular complexity index is 384. The van der Waals surface area contributed by atoms with Crippen molar-refractivity contribution in [1.82, 2.24) is 10.2 Å². The van der Waals surface area contributed by atoms with Gasteiger partial charge in [-0.15, -0.1) is 0 Å². The highest BCUT2D eigenvalue weighted by Gasteiger charge is 2.15. The van der Waals surface area contributed by atoms with Crippen LogP contribution < -0.4 is 5.32 Å². The van der Waals surface area contributed by atoms with Crippen LogP contribution in [0.15, 0.2) is 28.7 Å². The maximum absolute atomic E-state index is 8.99. The van der Waals surface area contributed by atoms with Gasteiger partial charge >= 0.3 is 0 Å². The van der Waals surface area contributed by atoms with Gasteiger partial charge in [0.2, 0.25) is 0 Å². The van der Waals surface area contributed by atoms with Crippen molar-refractivity contribution in [3.8, 4) is 0 Å². The molecule has 0 aliphatic carbocycles. The normalized spacial score (nSPS) is 13.2. The molecule has 114 valence electrons. The molecular formula is C16H27BrN2O. The van der Waals surface area contributed by atoms with Crippen molar-refractivity contribution in [3.05, 3.63) is 34.3 Å². The first-order chi connectivity index (χ1) is 9.60. The molecule has 0 aliphatic heterocycles. The van der Waals surface area contributed by atoms with E-state index in [2.05, 4.69) is 58.2 Å². The Morgan fingerprint density at radius 2 is 1.95 bits per heavy atom. The molecule has 0 fully saturated rings. The molecule has 3 nitrogen and oxygen atoms in total. The molecule has 0 saturated heterocycles. The van der Waals surface area contributed by atoms with E-state index in [0.29, 0.717) is 12.1 Å². The second-order valence-electron chi connectivity index (χ2n) is 5.36. The molecule has 1 unspecified atom stereocenters. The summed E-state index contributed by atoms with van der Waals surface area (Å²) in [5.74, 6) is 0. The predicted octanol–water partition coefficient (Wildman–Crippen LogP) is 3.19. The number of halogens is 1. The Balaban J connectivity index is 2.62. The first-order valence-corrected chi connectivity index (χ1v) is 8.16. The smallest absolute Gasteiger partial charge is 0.0443 e. The molecule has 1 atom stereocenters. The van der Waals surface area contributed by atoms with Crippen LogP contribution in [0, 0.1) is 0 Å². The fourth-order valence-corrected chi connectivity index (χ4v) is 2.97. The summed E-state index contributed by atoms with van der Waals surface area (Å²) in [6, 6.07) is 9.24. The van der Waals surface area contributed by atoms with Crippen LogP contribution in [0.2, 0.25) is 0 Å². The Labute approximate surface area is 131 Å². The highest BCUT2D eigenvalue weighted by Crippen LogP contribution is 2.25. The molecule has 0 bridgehead atoms. The van der Waals surface area contributed by atoms with Crippen molar-refractivity contribution in [2.75, 3.05) is 26.7 Å². The van der Waals surface area contributed by atoms with Gasteiger partial charge in [0.1, 0.15) is 0 Å². The number of hydrogen-bond acceptors (Lipinski definition) is 3.